The molecule has 0 radical (unpaired) electrons. The lowest BCUT2D eigenvalue weighted by Crippen LogP contribution is -1.91. The maximum Gasteiger partial charge on any atom is 0.303 e. The molecule has 134 valence electrons. The zero-order valence-corrected chi connectivity index (χ0v) is 15.2. The highest BCUT2D eigenvalue weighted by Crippen LogP contribution is 2.03. The Morgan fingerprint density at radius 3 is 1.54 bits per heavy atom. The summed E-state index contributed by atoms with van der Waals surface area (Å²) in [7, 11) is 0. The zero-order chi connectivity index (χ0) is 17.7. The molecule has 0 aromatic rings. The Labute approximate surface area is 148 Å². The van der Waals surface area contributed by atoms with E-state index in [1.54, 1.807) is 0 Å². The second kappa shape index (κ2) is 19.2. The summed E-state index contributed by atoms with van der Waals surface area (Å²) in [5.74, 6) is -0.737. The standard InChI is InChI=1S/C22H34O2/c1-2-3-4-5-6-7-8-9-10-11-12-13-14-15-16-17-18-19-20-21-22(23)24/h3-4,9-10,12-13,15-16,18-19H,2,5-8,11,14,17,20-21H2,1H3,(H,23,24). The van der Waals surface area contributed by atoms with Crippen molar-refractivity contribution in [2.24, 2.45) is 0 Å². The smallest absolute Gasteiger partial charge is 0.303 e. The van der Waals surface area contributed by atoms with Gasteiger partial charge in [0.05, 0.1) is 0 Å². The lowest BCUT2D eigenvalue weighted by Gasteiger charge is -1.92. The summed E-state index contributed by atoms with van der Waals surface area (Å²) in [6.07, 6.45) is 31.4. The number of carboxylic acids is 1. The first-order valence-corrected chi connectivity index (χ1v) is 9.24. The van der Waals surface area contributed by atoms with Gasteiger partial charge >= 0.3 is 5.97 Å². The van der Waals surface area contributed by atoms with Gasteiger partial charge in [0.1, 0.15) is 0 Å². The van der Waals surface area contributed by atoms with Gasteiger partial charge in [-0.05, 0) is 57.8 Å². The summed E-state index contributed by atoms with van der Waals surface area (Å²) in [5, 5.41) is 8.49. The molecule has 0 aliphatic rings. The van der Waals surface area contributed by atoms with Crippen LogP contribution in [0.3, 0.4) is 0 Å². The topological polar surface area (TPSA) is 37.3 Å². The van der Waals surface area contributed by atoms with Crippen LogP contribution in [0.2, 0.25) is 0 Å². The maximum absolute atomic E-state index is 10.3. The largest absolute Gasteiger partial charge is 0.481 e. The van der Waals surface area contributed by atoms with Gasteiger partial charge in [-0.1, -0.05) is 67.7 Å². The van der Waals surface area contributed by atoms with E-state index in [4.69, 9.17) is 5.11 Å². The molecule has 0 saturated heterocycles. The average molecular weight is 331 g/mol. The van der Waals surface area contributed by atoms with Gasteiger partial charge in [-0.25, -0.2) is 0 Å². The summed E-state index contributed by atoms with van der Waals surface area (Å²) in [6, 6.07) is 0. The van der Waals surface area contributed by atoms with Crippen LogP contribution in [0.5, 0.6) is 0 Å². The molecule has 2 nitrogen and oxygen atoms in total. The number of unbranched alkanes of at least 4 members (excludes halogenated alkanes) is 3. The third-order valence-electron chi connectivity index (χ3n) is 3.40. The van der Waals surface area contributed by atoms with E-state index >= 15 is 0 Å². The van der Waals surface area contributed by atoms with Gasteiger partial charge in [-0.2, -0.15) is 0 Å². The van der Waals surface area contributed by atoms with Gasteiger partial charge in [-0.15, -0.1) is 0 Å². The van der Waals surface area contributed by atoms with Gasteiger partial charge < -0.3 is 5.11 Å². The van der Waals surface area contributed by atoms with Crippen molar-refractivity contribution in [3.8, 4) is 0 Å². The number of rotatable bonds is 15. The van der Waals surface area contributed by atoms with Crippen molar-refractivity contribution < 1.29 is 9.90 Å². The summed E-state index contributed by atoms with van der Waals surface area (Å²) < 4.78 is 0. The second-order valence-corrected chi connectivity index (χ2v) is 5.69. The fourth-order valence-corrected chi connectivity index (χ4v) is 2.06. The maximum atomic E-state index is 10.3. The minimum atomic E-state index is -0.737. The van der Waals surface area contributed by atoms with Crippen molar-refractivity contribution in [2.75, 3.05) is 0 Å². The van der Waals surface area contributed by atoms with Crippen molar-refractivity contribution in [1.29, 1.82) is 0 Å². The number of carbonyl (C=O) groups is 1. The normalized spacial score (nSPS) is 12.7. The molecule has 0 heterocycles. The predicted molar refractivity (Wildman–Crippen MR) is 105 cm³/mol. The quantitative estimate of drug-likeness (QED) is 0.265. The number of hydrogen-bond acceptors (Lipinski definition) is 1. The van der Waals surface area contributed by atoms with E-state index in [0.717, 1.165) is 25.7 Å². The monoisotopic (exact) mass is 330 g/mol. The highest BCUT2D eigenvalue weighted by Gasteiger charge is 1.90. The first kappa shape index (κ1) is 22.2. The summed E-state index contributed by atoms with van der Waals surface area (Å²) in [6.45, 7) is 2.17. The van der Waals surface area contributed by atoms with E-state index in [0.29, 0.717) is 6.42 Å². The molecule has 0 aliphatic carbocycles. The Balaban J connectivity index is 3.42. The van der Waals surface area contributed by atoms with Crippen LogP contribution in [0.15, 0.2) is 60.8 Å². The van der Waals surface area contributed by atoms with Crippen LogP contribution in [-0.4, -0.2) is 11.1 Å². The van der Waals surface area contributed by atoms with E-state index in [2.05, 4.69) is 55.5 Å². The van der Waals surface area contributed by atoms with Crippen LogP contribution in [0, 0.1) is 0 Å². The molecule has 0 atom stereocenters. The Morgan fingerprint density at radius 1 is 0.667 bits per heavy atom. The van der Waals surface area contributed by atoms with Crippen LogP contribution in [-0.2, 0) is 4.79 Å². The molecule has 0 aliphatic heterocycles. The fourth-order valence-electron chi connectivity index (χ4n) is 2.06. The Morgan fingerprint density at radius 2 is 1.08 bits per heavy atom. The van der Waals surface area contributed by atoms with E-state index in [9.17, 15) is 4.79 Å². The van der Waals surface area contributed by atoms with Crippen LogP contribution >= 0.6 is 0 Å². The predicted octanol–water partition coefficient (Wildman–Crippen LogP) is 6.77. The molecule has 0 amide bonds. The molecule has 0 unspecified atom stereocenters. The molecular formula is C22H34O2. The first-order chi connectivity index (χ1) is 11.8. The first-order valence-electron chi connectivity index (χ1n) is 9.24. The molecule has 0 bridgehead atoms. The molecule has 24 heavy (non-hydrogen) atoms. The number of aliphatic carboxylic acids is 1. The van der Waals surface area contributed by atoms with Crippen LogP contribution in [0.4, 0.5) is 0 Å². The number of carboxylic acid groups (broad SMARTS) is 1. The van der Waals surface area contributed by atoms with Gasteiger partial charge in [0.2, 0.25) is 0 Å². The van der Waals surface area contributed by atoms with Gasteiger partial charge in [0.25, 0.3) is 0 Å². The number of hydrogen-bond donors (Lipinski definition) is 1. The lowest BCUT2D eigenvalue weighted by atomic mass is 10.1. The van der Waals surface area contributed by atoms with Crippen LogP contribution < -0.4 is 0 Å². The van der Waals surface area contributed by atoms with Gasteiger partial charge in [0, 0.05) is 6.42 Å². The summed E-state index contributed by atoms with van der Waals surface area (Å²) in [4.78, 5) is 10.3. The molecule has 2 heteroatoms. The van der Waals surface area contributed by atoms with E-state index in [-0.39, 0.29) is 6.42 Å². The Bertz CT molecular complexity index is 425. The third kappa shape index (κ3) is 20.2. The van der Waals surface area contributed by atoms with Crippen molar-refractivity contribution in [3.63, 3.8) is 0 Å². The van der Waals surface area contributed by atoms with E-state index in [1.807, 2.05) is 12.2 Å². The van der Waals surface area contributed by atoms with Gasteiger partial charge in [-0.3, -0.25) is 4.79 Å². The summed E-state index contributed by atoms with van der Waals surface area (Å²) >= 11 is 0. The van der Waals surface area contributed by atoms with Crippen molar-refractivity contribution in [1.82, 2.24) is 0 Å². The van der Waals surface area contributed by atoms with Crippen LogP contribution in [0.25, 0.3) is 0 Å². The molecular weight excluding hydrogens is 296 g/mol. The minimum Gasteiger partial charge on any atom is -0.481 e. The number of allylic oxidation sites excluding steroid dienone is 10. The van der Waals surface area contributed by atoms with E-state index in [1.165, 1.54) is 25.7 Å². The molecule has 0 aromatic heterocycles. The third-order valence-corrected chi connectivity index (χ3v) is 3.40. The zero-order valence-electron chi connectivity index (χ0n) is 15.2. The highest BCUT2D eigenvalue weighted by atomic mass is 16.4. The molecule has 0 fully saturated rings. The van der Waals surface area contributed by atoms with Crippen molar-refractivity contribution in [2.45, 2.75) is 71.1 Å². The molecule has 1 N–H and O–H groups in total. The minimum absolute atomic E-state index is 0.215. The Hall–Kier alpha value is -1.83. The molecule has 0 aromatic carbocycles. The molecule has 0 spiro atoms. The molecule has 0 saturated carbocycles. The van der Waals surface area contributed by atoms with Crippen molar-refractivity contribution >= 4 is 5.97 Å². The Kier molecular flexibility index (Phi) is 17.8. The van der Waals surface area contributed by atoms with E-state index < -0.39 is 5.97 Å². The fraction of sp³-hybridized carbons (Fsp3) is 0.500. The summed E-state index contributed by atoms with van der Waals surface area (Å²) in [5.41, 5.74) is 0. The average Bonchev–Trinajstić information content (AvgIpc) is 2.56. The van der Waals surface area contributed by atoms with Crippen LogP contribution in [0.1, 0.15) is 71.1 Å². The SMILES string of the molecule is CCC=CCCCCC=CCC=CCC=CCC=CCCC(=O)O. The molecule has 0 rings (SSSR count). The lowest BCUT2D eigenvalue weighted by molar-refractivity contribution is -0.136. The highest BCUT2D eigenvalue weighted by molar-refractivity contribution is 5.66. The van der Waals surface area contributed by atoms with Gasteiger partial charge in [0.15, 0.2) is 0 Å². The second-order valence-electron chi connectivity index (χ2n) is 5.69. The van der Waals surface area contributed by atoms with Crippen molar-refractivity contribution in [3.05, 3.63) is 60.8 Å².